The van der Waals surface area contributed by atoms with E-state index in [1.54, 1.807) is 0 Å². The van der Waals surface area contributed by atoms with Crippen LogP contribution in [0.1, 0.15) is 32.6 Å². The standard InChI is InChI=1S/C17H25BrN2O2/c1-13-9-10-19-12-16(13)20-17(21)4-2-3-11-22-15-7-5-14(18)6-8-15/h5-8,13,16,19H,2-4,9-12H2,1H3,(H,20,21). The number of carbonyl (C=O) groups excluding carboxylic acids is 1. The molecular formula is C17H25BrN2O2. The minimum absolute atomic E-state index is 0.157. The normalized spacial score (nSPS) is 21.4. The summed E-state index contributed by atoms with van der Waals surface area (Å²) in [6.07, 6.45) is 3.46. The maximum absolute atomic E-state index is 11.9. The van der Waals surface area contributed by atoms with Gasteiger partial charge >= 0.3 is 0 Å². The minimum atomic E-state index is 0.157. The zero-order valence-corrected chi connectivity index (χ0v) is 14.7. The fraction of sp³-hybridized carbons (Fsp3) is 0.588. The summed E-state index contributed by atoms with van der Waals surface area (Å²) in [5, 5.41) is 6.47. The van der Waals surface area contributed by atoms with E-state index in [9.17, 15) is 4.79 Å². The highest BCUT2D eigenvalue weighted by Crippen LogP contribution is 2.16. The van der Waals surface area contributed by atoms with Crippen molar-refractivity contribution in [2.45, 2.75) is 38.6 Å². The number of amides is 1. The first-order valence-corrected chi connectivity index (χ1v) is 8.83. The molecule has 22 heavy (non-hydrogen) atoms. The van der Waals surface area contributed by atoms with E-state index >= 15 is 0 Å². The summed E-state index contributed by atoms with van der Waals surface area (Å²) in [4.78, 5) is 11.9. The van der Waals surface area contributed by atoms with E-state index in [0.717, 1.165) is 42.6 Å². The molecule has 0 spiro atoms. The van der Waals surface area contributed by atoms with Crippen LogP contribution in [0.2, 0.25) is 0 Å². The fourth-order valence-electron chi connectivity index (χ4n) is 2.57. The molecule has 0 radical (unpaired) electrons. The summed E-state index contributed by atoms with van der Waals surface area (Å²) in [6.45, 7) is 4.80. The molecule has 1 amide bonds. The summed E-state index contributed by atoms with van der Waals surface area (Å²) in [5.41, 5.74) is 0. The van der Waals surface area contributed by atoms with Crippen LogP contribution in [-0.2, 0) is 4.79 Å². The summed E-state index contributed by atoms with van der Waals surface area (Å²) >= 11 is 3.39. The van der Waals surface area contributed by atoms with Crippen molar-refractivity contribution in [1.82, 2.24) is 10.6 Å². The lowest BCUT2D eigenvalue weighted by Crippen LogP contribution is -2.50. The first-order chi connectivity index (χ1) is 10.6. The second kappa shape index (κ2) is 9.16. The third-order valence-corrected chi connectivity index (χ3v) is 4.58. The number of benzene rings is 1. The van der Waals surface area contributed by atoms with Crippen molar-refractivity contribution < 1.29 is 9.53 Å². The van der Waals surface area contributed by atoms with Gasteiger partial charge in [0.25, 0.3) is 0 Å². The Morgan fingerprint density at radius 1 is 1.36 bits per heavy atom. The SMILES string of the molecule is CC1CCNCC1NC(=O)CCCCOc1ccc(Br)cc1. The largest absolute Gasteiger partial charge is 0.494 e. The minimum Gasteiger partial charge on any atom is -0.494 e. The van der Waals surface area contributed by atoms with E-state index in [4.69, 9.17) is 4.74 Å². The van der Waals surface area contributed by atoms with Crippen molar-refractivity contribution in [2.24, 2.45) is 5.92 Å². The van der Waals surface area contributed by atoms with Crippen LogP contribution in [0, 0.1) is 5.92 Å². The van der Waals surface area contributed by atoms with Crippen molar-refractivity contribution in [3.8, 4) is 5.75 Å². The molecule has 1 aliphatic rings. The van der Waals surface area contributed by atoms with E-state index in [2.05, 4.69) is 33.5 Å². The average Bonchev–Trinajstić information content (AvgIpc) is 2.51. The first-order valence-electron chi connectivity index (χ1n) is 8.03. The van der Waals surface area contributed by atoms with E-state index in [-0.39, 0.29) is 11.9 Å². The third-order valence-electron chi connectivity index (χ3n) is 4.05. The van der Waals surface area contributed by atoms with Crippen LogP contribution in [0.15, 0.2) is 28.7 Å². The Kier molecular flexibility index (Phi) is 7.19. The van der Waals surface area contributed by atoms with Gasteiger partial charge in [-0.3, -0.25) is 4.79 Å². The van der Waals surface area contributed by atoms with Crippen LogP contribution < -0.4 is 15.4 Å². The molecule has 0 saturated carbocycles. The Labute approximate surface area is 141 Å². The second-order valence-corrected chi connectivity index (χ2v) is 6.82. The molecule has 0 bridgehead atoms. The van der Waals surface area contributed by atoms with E-state index in [1.165, 1.54) is 0 Å². The number of ether oxygens (including phenoxy) is 1. The fourth-order valence-corrected chi connectivity index (χ4v) is 2.83. The third kappa shape index (κ3) is 5.97. The molecule has 1 aliphatic heterocycles. The van der Waals surface area contributed by atoms with Gasteiger partial charge in [-0.15, -0.1) is 0 Å². The average molecular weight is 369 g/mol. The molecule has 4 nitrogen and oxygen atoms in total. The smallest absolute Gasteiger partial charge is 0.220 e. The van der Waals surface area contributed by atoms with Crippen LogP contribution in [-0.4, -0.2) is 31.6 Å². The first kappa shape index (κ1) is 17.3. The molecular weight excluding hydrogens is 344 g/mol. The van der Waals surface area contributed by atoms with Crippen molar-refractivity contribution >= 4 is 21.8 Å². The number of unbranched alkanes of at least 4 members (excludes halogenated alkanes) is 1. The lowest BCUT2D eigenvalue weighted by atomic mass is 9.94. The Morgan fingerprint density at radius 2 is 2.14 bits per heavy atom. The van der Waals surface area contributed by atoms with Gasteiger partial charge in [-0.05, 0) is 56.0 Å². The van der Waals surface area contributed by atoms with Crippen LogP contribution in [0.5, 0.6) is 5.75 Å². The molecule has 1 heterocycles. The zero-order valence-electron chi connectivity index (χ0n) is 13.1. The summed E-state index contributed by atoms with van der Waals surface area (Å²) in [5.74, 6) is 1.59. The topological polar surface area (TPSA) is 50.4 Å². The molecule has 1 fully saturated rings. The molecule has 122 valence electrons. The van der Waals surface area contributed by atoms with E-state index in [0.29, 0.717) is 18.9 Å². The van der Waals surface area contributed by atoms with Crippen molar-refractivity contribution in [3.63, 3.8) is 0 Å². The number of rotatable bonds is 7. The molecule has 2 unspecified atom stereocenters. The molecule has 2 atom stereocenters. The highest BCUT2D eigenvalue weighted by atomic mass is 79.9. The molecule has 0 aliphatic carbocycles. The predicted octanol–water partition coefficient (Wildman–Crippen LogP) is 3.11. The molecule has 2 N–H and O–H groups in total. The van der Waals surface area contributed by atoms with Crippen LogP contribution in [0.25, 0.3) is 0 Å². The zero-order chi connectivity index (χ0) is 15.8. The number of piperidine rings is 1. The van der Waals surface area contributed by atoms with Gasteiger partial charge in [0, 0.05) is 23.5 Å². The molecule has 1 saturated heterocycles. The van der Waals surface area contributed by atoms with Crippen molar-refractivity contribution in [1.29, 1.82) is 0 Å². The quantitative estimate of drug-likeness (QED) is 0.727. The molecule has 5 heteroatoms. The Morgan fingerprint density at radius 3 is 2.86 bits per heavy atom. The Balaban J connectivity index is 1.56. The molecule has 2 rings (SSSR count). The second-order valence-electron chi connectivity index (χ2n) is 5.90. The monoisotopic (exact) mass is 368 g/mol. The molecule has 1 aromatic carbocycles. The van der Waals surface area contributed by atoms with Gasteiger partial charge in [-0.25, -0.2) is 0 Å². The van der Waals surface area contributed by atoms with Gasteiger partial charge in [0.05, 0.1) is 6.61 Å². The maximum atomic E-state index is 11.9. The van der Waals surface area contributed by atoms with Gasteiger partial charge in [0.15, 0.2) is 0 Å². The highest BCUT2D eigenvalue weighted by molar-refractivity contribution is 9.10. The van der Waals surface area contributed by atoms with Crippen LogP contribution in [0.4, 0.5) is 0 Å². The Bertz CT molecular complexity index is 464. The number of nitrogens with one attached hydrogen (secondary N) is 2. The summed E-state index contributed by atoms with van der Waals surface area (Å²) in [6, 6.07) is 8.08. The van der Waals surface area contributed by atoms with Gasteiger partial charge in [-0.1, -0.05) is 22.9 Å². The number of carbonyl (C=O) groups is 1. The Hall–Kier alpha value is -1.07. The summed E-state index contributed by atoms with van der Waals surface area (Å²) in [7, 11) is 0. The number of halogens is 1. The van der Waals surface area contributed by atoms with Crippen molar-refractivity contribution in [3.05, 3.63) is 28.7 Å². The van der Waals surface area contributed by atoms with E-state index in [1.807, 2.05) is 24.3 Å². The van der Waals surface area contributed by atoms with Gasteiger partial charge in [0.2, 0.25) is 5.91 Å². The number of hydrogen-bond acceptors (Lipinski definition) is 3. The highest BCUT2D eigenvalue weighted by Gasteiger charge is 2.22. The lowest BCUT2D eigenvalue weighted by Gasteiger charge is -2.30. The van der Waals surface area contributed by atoms with Gasteiger partial charge in [0.1, 0.15) is 5.75 Å². The molecule has 0 aromatic heterocycles. The van der Waals surface area contributed by atoms with Crippen LogP contribution in [0.3, 0.4) is 0 Å². The van der Waals surface area contributed by atoms with E-state index < -0.39 is 0 Å². The van der Waals surface area contributed by atoms with Crippen LogP contribution >= 0.6 is 15.9 Å². The van der Waals surface area contributed by atoms with Gasteiger partial charge in [-0.2, -0.15) is 0 Å². The van der Waals surface area contributed by atoms with Crippen molar-refractivity contribution in [2.75, 3.05) is 19.7 Å². The lowest BCUT2D eigenvalue weighted by molar-refractivity contribution is -0.122. The summed E-state index contributed by atoms with van der Waals surface area (Å²) < 4.78 is 6.69. The predicted molar refractivity (Wildman–Crippen MR) is 92.1 cm³/mol. The number of hydrogen-bond donors (Lipinski definition) is 2. The maximum Gasteiger partial charge on any atom is 0.220 e. The molecule has 1 aromatic rings. The van der Waals surface area contributed by atoms with Gasteiger partial charge < -0.3 is 15.4 Å².